The summed E-state index contributed by atoms with van der Waals surface area (Å²) in [6.45, 7) is 1.76. The SMILES string of the molecule is [2H]N=BCC#CC. The third-order valence-corrected chi connectivity index (χ3v) is 0.370. The quantitative estimate of drug-likeness (QED) is 0.357. The molecule has 0 aliphatic heterocycles. The van der Waals surface area contributed by atoms with E-state index in [1.165, 1.54) is 7.07 Å². The molecule has 0 aromatic heterocycles. The predicted molar refractivity (Wildman–Crippen MR) is 26.7 cm³/mol. The van der Waals surface area contributed by atoms with Crippen molar-refractivity contribution in [3.63, 3.8) is 0 Å². The molecule has 0 rings (SSSR count). The summed E-state index contributed by atoms with van der Waals surface area (Å²) < 4.78 is 6.28. The van der Waals surface area contributed by atoms with Gasteiger partial charge in [0.15, 0.2) is 0 Å². The normalized spacial score (nSPS) is 8.50. The molecular weight excluding hydrogens is 72.9 g/mol. The number of hydrogen-bond acceptors (Lipinski definition) is 1. The van der Waals surface area contributed by atoms with Crippen LogP contribution in [0.5, 0.6) is 0 Å². The Kier molecular flexibility index (Phi) is 2.66. The fourth-order valence-electron chi connectivity index (χ4n) is 0.148. The van der Waals surface area contributed by atoms with Crippen LogP contribution in [-0.2, 0) is 0 Å². The third kappa shape index (κ3) is 3.42. The molecule has 1 N–H and O–H groups in total. The van der Waals surface area contributed by atoms with Crippen LogP contribution in [0.4, 0.5) is 0 Å². The maximum atomic E-state index is 6.28. The van der Waals surface area contributed by atoms with Crippen LogP contribution in [0.1, 0.15) is 6.92 Å². The van der Waals surface area contributed by atoms with Gasteiger partial charge in [-0.3, -0.25) is 0 Å². The van der Waals surface area contributed by atoms with Gasteiger partial charge in [-0.25, -0.2) is 0 Å². The summed E-state index contributed by atoms with van der Waals surface area (Å²) in [7, 11) is 1.45. The van der Waals surface area contributed by atoms with Gasteiger partial charge in [0.2, 0.25) is 0 Å². The average molecular weight is 79.9 g/mol. The van der Waals surface area contributed by atoms with Crippen LogP contribution >= 0.6 is 0 Å². The standard InChI is InChI=1S/C4H6BN/c1-2-3-4-5-6/h6H,4H2,1H3/i6D. The number of nitrogens with one attached hydrogen (secondary N) is 1. The van der Waals surface area contributed by atoms with Gasteiger partial charge in [-0.15, -0.1) is 0 Å². The van der Waals surface area contributed by atoms with Crippen molar-refractivity contribution in [2.75, 3.05) is 0 Å². The van der Waals surface area contributed by atoms with Crippen molar-refractivity contribution in [3.05, 3.63) is 0 Å². The van der Waals surface area contributed by atoms with Crippen molar-refractivity contribution in [1.82, 2.24) is 0 Å². The van der Waals surface area contributed by atoms with Crippen molar-refractivity contribution in [2.24, 2.45) is 0 Å². The Labute approximate surface area is 40.0 Å². The minimum atomic E-state index is 0.597. The van der Waals surface area contributed by atoms with Gasteiger partial charge in [0.05, 0.1) is 0 Å². The molecule has 0 atom stereocenters. The first-order valence-electron chi connectivity index (χ1n) is 2.22. The second kappa shape index (κ2) is 4.42. The van der Waals surface area contributed by atoms with Crippen LogP contribution in [0.3, 0.4) is 0 Å². The molecule has 0 heterocycles. The Morgan fingerprint density at radius 1 is 2.17 bits per heavy atom. The summed E-state index contributed by atoms with van der Waals surface area (Å²) in [4.78, 5) is 0. The van der Waals surface area contributed by atoms with Gasteiger partial charge in [-0.2, -0.15) is 0 Å². The Morgan fingerprint density at radius 2 is 3.00 bits per heavy atom. The molecule has 0 bridgehead atoms. The van der Waals surface area contributed by atoms with Crippen molar-refractivity contribution in [1.29, 1.82) is 5.31 Å². The van der Waals surface area contributed by atoms with E-state index in [0.717, 1.165) is 0 Å². The number of rotatable bonds is 1. The van der Waals surface area contributed by atoms with Gasteiger partial charge in [-0.1, -0.05) is 0 Å². The van der Waals surface area contributed by atoms with E-state index in [1.807, 2.05) is 0 Å². The van der Waals surface area contributed by atoms with Crippen molar-refractivity contribution in [2.45, 2.75) is 13.2 Å². The van der Waals surface area contributed by atoms with Crippen molar-refractivity contribution < 1.29 is 1.41 Å². The first-order chi connectivity index (χ1) is 3.41. The summed E-state index contributed by atoms with van der Waals surface area (Å²) in [5, 5.41) is 3.00. The first-order valence-corrected chi connectivity index (χ1v) is 1.77. The molecule has 0 saturated heterocycles. The third-order valence-electron chi connectivity index (χ3n) is 0.370. The van der Waals surface area contributed by atoms with Crippen LogP contribution in [0.25, 0.3) is 0 Å². The van der Waals surface area contributed by atoms with Gasteiger partial charge >= 0.3 is 38.9 Å². The zero-order valence-electron chi connectivity index (χ0n) is 4.73. The molecule has 0 saturated carbocycles. The van der Waals surface area contributed by atoms with Gasteiger partial charge in [0, 0.05) is 0 Å². The van der Waals surface area contributed by atoms with Crippen LogP contribution in [0.2, 0.25) is 7.73 Å². The Morgan fingerprint density at radius 3 is 3.50 bits per heavy atom. The summed E-state index contributed by atoms with van der Waals surface area (Å²) in [5.41, 5.74) is 0. The van der Waals surface area contributed by atoms with Crippen LogP contribution in [-0.4, -0.2) is 7.07 Å². The maximum absolute atomic E-state index is 6.28. The number of hydrogen-bond donors (Lipinski definition) is 1. The monoisotopic (exact) mass is 80.1 g/mol. The average Bonchev–Trinajstić information content (AvgIpc) is 1.69. The Balaban J connectivity index is 3.09. The molecule has 30 valence electrons. The minimum absolute atomic E-state index is 0.597. The van der Waals surface area contributed by atoms with Crippen LogP contribution in [0.15, 0.2) is 0 Å². The van der Waals surface area contributed by atoms with Crippen molar-refractivity contribution >= 4 is 7.07 Å². The van der Waals surface area contributed by atoms with E-state index in [0.29, 0.717) is 6.32 Å². The van der Waals surface area contributed by atoms with Crippen LogP contribution < -0.4 is 0 Å². The van der Waals surface area contributed by atoms with Gasteiger partial charge < -0.3 is 0 Å². The Hall–Kier alpha value is -0.575. The molecule has 0 amide bonds. The van der Waals surface area contributed by atoms with E-state index >= 15 is 0 Å². The fraction of sp³-hybridized carbons (Fsp3) is 0.500. The summed E-state index contributed by atoms with van der Waals surface area (Å²) in [5.74, 6) is 5.41. The van der Waals surface area contributed by atoms with E-state index in [9.17, 15) is 0 Å². The fourth-order valence-corrected chi connectivity index (χ4v) is 0.148. The molecule has 6 heavy (non-hydrogen) atoms. The molecule has 0 fully saturated rings. The second-order valence-corrected chi connectivity index (χ2v) is 0.813. The molecule has 1 nitrogen and oxygen atoms in total. The zero-order valence-corrected chi connectivity index (χ0v) is 3.73. The molecule has 0 aromatic rings. The van der Waals surface area contributed by atoms with Crippen LogP contribution in [0, 0.1) is 17.1 Å². The first kappa shape index (κ1) is 3.61. The molecule has 0 spiro atoms. The summed E-state index contributed by atoms with van der Waals surface area (Å²) >= 11 is 0. The van der Waals surface area contributed by atoms with Gasteiger partial charge in [0.1, 0.15) is 0 Å². The molecular formula is C4H6BN. The molecule has 0 aliphatic carbocycles. The van der Waals surface area contributed by atoms with E-state index in [4.69, 9.17) is 1.41 Å². The Bertz CT molecular complexity index is 111. The molecule has 0 aliphatic rings. The second-order valence-electron chi connectivity index (χ2n) is 0.813. The van der Waals surface area contributed by atoms with E-state index in [-0.39, 0.29) is 0 Å². The molecule has 0 aromatic carbocycles. The van der Waals surface area contributed by atoms with Gasteiger partial charge in [0.25, 0.3) is 0 Å². The molecule has 0 radical (unpaired) electrons. The molecule has 0 unspecified atom stereocenters. The topological polar surface area (TPSA) is 23.9 Å². The zero-order chi connectivity index (χ0) is 5.54. The summed E-state index contributed by atoms with van der Waals surface area (Å²) in [6, 6.07) is 0. The van der Waals surface area contributed by atoms with Gasteiger partial charge in [-0.05, 0) is 0 Å². The summed E-state index contributed by atoms with van der Waals surface area (Å²) in [6.07, 6.45) is 0.597. The molecule has 2 heteroatoms. The van der Waals surface area contributed by atoms with E-state index in [2.05, 4.69) is 17.1 Å². The van der Waals surface area contributed by atoms with E-state index < -0.39 is 0 Å². The van der Waals surface area contributed by atoms with E-state index in [1.54, 1.807) is 6.92 Å². The predicted octanol–water partition coefficient (Wildman–Crippen LogP) is 0.895. The van der Waals surface area contributed by atoms with Crippen molar-refractivity contribution in [3.8, 4) is 11.8 Å².